The molecule has 2 heteroatoms. The van der Waals surface area contributed by atoms with Crippen molar-refractivity contribution in [3.05, 3.63) is 47.2 Å². The van der Waals surface area contributed by atoms with E-state index in [0.717, 1.165) is 30.2 Å². The van der Waals surface area contributed by atoms with Gasteiger partial charge in [0.05, 0.1) is 0 Å². The third kappa shape index (κ3) is 3.52. The van der Waals surface area contributed by atoms with Gasteiger partial charge in [-0.05, 0) is 86.8 Å². The lowest BCUT2D eigenvalue weighted by Gasteiger charge is -2.37. The molecule has 0 spiro atoms. The van der Waals surface area contributed by atoms with Crippen LogP contribution >= 0.6 is 0 Å². The molecule has 2 saturated carbocycles. The summed E-state index contributed by atoms with van der Waals surface area (Å²) in [5.74, 6) is 3.33. The molecular formula is C20H26F2. The van der Waals surface area contributed by atoms with E-state index in [0.29, 0.717) is 0 Å². The smallest absolute Gasteiger partial charge is 0.159 e. The van der Waals surface area contributed by atoms with Gasteiger partial charge in [0.15, 0.2) is 11.6 Å². The van der Waals surface area contributed by atoms with E-state index in [2.05, 4.69) is 6.92 Å². The molecule has 0 N–H and O–H groups in total. The SMILES string of the molecule is CCC1CC[C](C2CC[C](c3ccc(F)c(F)c3)CC2)CC1. The van der Waals surface area contributed by atoms with Crippen LogP contribution in [0.15, 0.2) is 18.2 Å². The minimum atomic E-state index is -0.749. The summed E-state index contributed by atoms with van der Waals surface area (Å²) in [6.07, 6.45) is 11.2. The fourth-order valence-corrected chi connectivity index (χ4v) is 4.24. The molecular weight excluding hydrogens is 278 g/mol. The van der Waals surface area contributed by atoms with Crippen LogP contribution in [0.2, 0.25) is 0 Å². The summed E-state index contributed by atoms with van der Waals surface area (Å²) < 4.78 is 26.4. The van der Waals surface area contributed by atoms with Crippen LogP contribution < -0.4 is 0 Å². The Balaban J connectivity index is 1.53. The van der Waals surface area contributed by atoms with Gasteiger partial charge in [-0.3, -0.25) is 0 Å². The standard InChI is InChI=1S/C20H26F2/c1-2-14-3-5-15(6-4-14)16-7-9-17(10-8-16)18-11-12-19(21)20(22)13-18/h11-14,16H,2-10H2,1H3. The Hall–Kier alpha value is -0.920. The Morgan fingerprint density at radius 2 is 1.59 bits per heavy atom. The maximum absolute atomic E-state index is 13.4. The molecule has 22 heavy (non-hydrogen) atoms. The van der Waals surface area contributed by atoms with Crippen molar-refractivity contribution in [2.75, 3.05) is 0 Å². The summed E-state index contributed by atoms with van der Waals surface area (Å²) in [6, 6.07) is 4.35. The molecule has 0 heterocycles. The van der Waals surface area contributed by atoms with E-state index in [1.165, 1.54) is 63.0 Å². The molecule has 2 radical (unpaired) electrons. The number of benzene rings is 1. The van der Waals surface area contributed by atoms with Crippen molar-refractivity contribution in [3.63, 3.8) is 0 Å². The maximum Gasteiger partial charge on any atom is 0.159 e. The number of hydrogen-bond acceptors (Lipinski definition) is 0. The van der Waals surface area contributed by atoms with Crippen LogP contribution in [-0.2, 0) is 0 Å². The fourth-order valence-electron chi connectivity index (χ4n) is 4.24. The first-order valence-corrected chi connectivity index (χ1v) is 8.82. The van der Waals surface area contributed by atoms with Gasteiger partial charge in [0.1, 0.15) is 0 Å². The van der Waals surface area contributed by atoms with E-state index in [-0.39, 0.29) is 0 Å². The van der Waals surface area contributed by atoms with E-state index in [4.69, 9.17) is 0 Å². The highest BCUT2D eigenvalue weighted by Crippen LogP contribution is 2.45. The van der Waals surface area contributed by atoms with Crippen molar-refractivity contribution in [1.29, 1.82) is 0 Å². The minimum Gasteiger partial charge on any atom is -0.204 e. The molecule has 0 aromatic heterocycles. The minimum absolute atomic E-state index is 0.723. The van der Waals surface area contributed by atoms with Gasteiger partial charge in [0.25, 0.3) is 0 Å². The third-order valence-corrected chi connectivity index (χ3v) is 5.82. The highest BCUT2D eigenvalue weighted by atomic mass is 19.2. The highest BCUT2D eigenvalue weighted by Gasteiger charge is 2.31. The van der Waals surface area contributed by atoms with Gasteiger partial charge in [-0.2, -0.15) is 0 Å². The van der Waals surface area contributed by atoms with Gasteiger partial charge in [0.2, 0.25) is 0 Å². The summed E-state index contributed by atoms with van der Waals surface area (Å²) in [7, 11) is 0. The molecule has 0 aliphatic heterocycles. The monoisotopic (exact) mass is 304 g/mol. The molecule has 0 amide bonds. The van der Waals surface area contributed by atoms with Crippen LogP contribution in [0.4, 0.5) is 8.78 Å². The summed E-state index contributed by atoms with van der Waals surface area (Å²) in [4.78, 5) is 0. The molecule has 0 nitrogen and oxygen atoms in total. The van der Waals surface area contributed by atoms with Gasteiger partial charge in [-0.15, -0.1) is 0 Å². The number of hydrogen-bond donors (Lipinski definition) is 0. The molecule has 0 bridgehead atoms. The first-order valence-electron chi connectivity index (χ1n) is 8.82. The predicted octanol–water partition coefficient (Wildman–Crippen LogP) is 6.25. The number of halogens is 2. The van der Waals surface area contributed by atoms with Crippen molar-refractivity contribution in [3.8, 4) is 0 Å². The van der Waals surface area contributed by atoms with E-state index >= 15 is 0 Å². The lowest BCUT2D eigenvalue weighted by atomic mass is 9.68. The van der Waals surface area contributed by atoms with Gasteiger partial charge in [-0.25, -0.2) is 8.78 Å². The van der Waals surface area contributed by atoms with Crippen molar-refractivity contribution < 1.29 is 8.78 Å². The molecule has 120 valence electrons. The Labute approximate surface area is 133 Å². The van der Waals surface area contributed by atoms with E-state index < -0.39 is 11.6 Å². The van der Waals surface area contributed by atoms with Crippen LogP contribution in [0.25, 0.3) is 0 Å². The van der Waals surface area contributed by atoms with Crippen LogP contribution in [0.1, 0.15) is 70.3 Å². The topological polar surface area (TPSA) is 0 Å². The van der Waals surface area contributed by atoms with Gasteiger partial charge in [0, 0.05) is 5.92 Å². The Kier molecular flexibility index (Phi) is 5.15. The molecule has 0 unspecified atom stereocenters. The summed E-state index contributed by atoms with van der Waals surface area (Å²) in [5.41, 5.74) is 0.900. The molecule has 1 aromatic carbocycles. The third-order valence-electron chi connectivity index (χ3n) is 5.82. The lowest BCUT2D eigenvalue weighted by molar-refractivity contribution is 0.292. The van der Waals surface area contributed by atoms with Gasteiger partial charge >= 0.3 is 0 Å². The molecule has 1 aromatic rings. The maximum atomic E-state index is 13.4. The average Bonchev–Trinajstić information content (AvgIpc) is 2.58. The molecule has 2 aliphatic rings. The number of rotatable bonds is 3. The summed E-state index contributed by atoms with van der Waals surface area (Å²) >= 11 is 0. The van der Waals surface area contributed by atoms with Crippen LogP contribution in [0, 0.1) is 35.3 Å². The molecule has 0 saturated heterocycles. The summed E-state index contributed by atoms with van der Waals surface area (Å²) in [6.45, 7) is 2.30. The van der Waals surface area contributed by atoms with Crippen molar-refractivity contribution >= 4 is 0 Å². The highest BCUT2D eigenvalue weighted by molar-refractivity contribution is 5.32. The quantitative estimate of drug-likeness (QED) is 0.619. The average molecular weight is 304 g/mol. The van der Waals surface area contributed by atoms with Crippen molar-refractivity contribution in [1.82, 2.24) is 0 Å². The zero-order chi connectivity index (χ0) is 15.5. The molecule has 0 atom stereocenters. The van der Waals surface area contributed by atoms with Crippen molar-refractivity contribution in [2.45, 2.75) is 64.7 Å². The molecule has 3 rings (SSSR count). The van der Waals surface area contributed by atoms with Crippen LogP contribution in [0.3, 0.4) is 0 Å². The zero-order valence-corrected chi connectivity index (χ0v) is 13.5. The zero-order valence-electron chi connectivity index (χ0n) is 13.5. The first kappa shape index (κ1) is 16.0. The largest absolute Gasteiger partial charge is 0.204 e. The van der Waals surface area contributed by atoms with E-state index in [1.807, 2.05) is 0 Å². The summed E-state index contributed by atoms with van der Waals surface area (Å²) in [5, 5.41) is 0. The Morgan fingerprint density at radius 3 is 2.18 bits per heavy atom. The fraction of sp³-hybridized carbons (Fsp3) is 0.600. The first-order chi connectivity index (χ1) is 10.7. The van der Waals surface area contributed by atoms with Gasteiger partial charge in [-0.1, -0.05) is 19.4 Å². The van der Waals surface area contributed by atoms with E-state index in [9.17, 15) is 8.78 Å². The Morgan fingerprint density at radius 1 is 0.909 bits per heavy atom. The molecule has 2 fully saturated rings. The second kappa shape index (κ2) is 7.10. The lowest BCUT2D eigenvalue weighted by Crippen LogP contribution is -2.24. The second-order valence-corrected chi connectivity index (χ2v) is 7.02. The second-order valence-electron chi connectivity index (χ2n) is 7.02. The predicted molar refractivity (Wildman–Crippen MR) is 86.2 cm³/mol. The van der Waals surface area contributed by atoms with Crippen molar-refractivity contribution in [2.24, 2.45) is 11.8 Å². The van der Waals surface area contributed by atoms with Crippen LogP contribution in [-0.4, -0.2) is 0 Å². The van der Waals surface area contributed by atoms with Gasteiger partial charge < -0.3 is 0 Å². The van der Waals surface area contributed by atoms with Crippen LogP contribution in [0.5, 0.6) is 0 Å². The normalized spacial score (nSPS) is 23.0. The van der Waals surface area contributed by atoms with E-state index in [1.54, 1.807) is 12.0 Å². The Bertz CT molecular complexity index is 480. The molecule has 2 aliphatic carbocycles.